The highest BCUT2D eigenvalue weighted by molar-refractivity contribution is 7.17. The zero-order chi connectivity index (χ0) is 24.2. The van der Waals surface area contributed by atoms with Gasteiger partial charge in [0.2, 0.25) is 11.9 Å². The van der Waals surface area contributed by atoms with Gasteiger partial charge in [0.25, 0.3) is 5.91 Å². The minimum absolute atomic E-state index is 0.0150. The van der Waals surface area contributed by atoms with E-state index in [2.05, 4.69) is 21.4 Å². The van der Waals surface area contributed by atoms with Crippen molar-refractivity contribution in [1.82, 2.24) is 19.4 Å². The molecule has 0 unspecified atom stereocenters. The number of thiophene rings is 1. The molecular formula is C25H22ClN5O3S. The van der Waals surface area contributed by atoms with Crippen LogP contribution in [0.5, 0.6) is 0 Å². The zero-order valence-corrected chi connectivity index (χ0v) is 20.3. The standard InChI is InChI=1S/C25H22ClN5O3S/c1-2-22(32)30-8-7-25(13-30)10-16(11-25)31-18-9-15(26)3-4-17(18)28-24(31)29-23(33)21-6-5-20(35-21)19-12-27-14-34-19/h2-6,9,12,14,16H,1,7-8,10-11,13H2,(H,28,29,33)/t16-,25+. The van der Waals surface area contributed by atoms with Crippen molar-refractivity contribution in [2.75, 3.05) is 18.4 Å². The Labute approximate surface area is 210 Å². The number of benzene rings is 1. The average Bonchev–Trinajstić information content (AvgIpc) is 3.62. The van der Waals surface area contributed by atoms with E-state index < -0.39 is 0 Å². The maximum Gasteiger partial charge on any atom is 0.268 e. The van der Waals surface area contributed by atoms with E-state index in [1.54, 1.807) is 18.3 Å². The lowest BCUT2D eigenvalue weighted by atomic mass is 9.65. The minimum atomic E-state index is -0.235. The Morgan fingerprint density at radius 1 is 1.29 bits per heavy atom. The van der Waals surface area contributed by atoms with Gasteiger partial charge in [0.1, 0.15) is 0 Å². The fourth-order valence-electron chi connectivity index (χ4n) is 5.32. The number of halogens is 1. The summed E-state index contributed by atoms with van der Waals surface area (Å²) in [6.07, 6.45) is 7.15. The first-order valence-electron chi connectivity index (χ1n) is 11.3. The van der Waals surface area contributed by atoms with Crippen molar-refractivity contribution in [3.05, 3.63) is 65.5 Å². The molecule has 4 aromatic rings. The first-order valence-corrected chi connectivity index (χ1v) is 12.5. The molecule has 2 fully saturated rings. The second-order valence-electron chi connectivity index (χ2n) is 9.20. The monoisotopic (exact) mass is 507 g/mol. The molecular weight excluding hydrogens is 486 g/mol. The SMILES string of the molecule is C=CC(=O)N1CC[C@]2(C1)C[C@@H](n1c(NC(=O)c3ccc(-c4cnco4)s3)nc3ccc(Cl)cc31)C2. The van der Waals surface area contributed by atoms with Gasteiger partial charge >= 0.3 is 0 Å². The Morgan fingerprint density at radius 2 is 2.14 bits per heavy atom. The number of carbonyl (C=O) groups is 2. The summed E-state index contributed by atoms with van der Waals surface area (Å²) in [6, 6.07) is 9.32. The quantitative estimate of drug-likeness (QED) is 0.365. The van der Waals surface area contributed by atoms with Crippen LogP contribution < -0.4 is 5.32 Å². The number of fused-ring (bicyclic) bond motifs is 1. The summed E-state index contributed by atoms with van der Waals surface area (Å²) in [6.45, 7) is 5.10. The predicted octanol–water partition coefficient (Wildman–Crippen LogP) is 5.40. The first-order chi connectivity index (χ1) is 16.9. The van der Waals surface area contributed by atoms with Gasteiger partial charge in [-0.1, -0.05) is 18.2 Å². The third kappa shape index (κ3) is 3.84. The van der Waals surface area contributed by atoms with Crippen molar-refractivity contribution in [2.24, 2.45) is 5.41 Å². The number of carbonyl (C=O) groups excluding carboxylic acids is 2. The van der Waals surface area contributed by atoms with Crippen molar-refractivity contribution in [3.8, 4) is 10.6 Å². The number of anilines is 1. The third-order valence-corrected chi connectivity index (χ3v) is 8.34. The summed E-state index contributed by atoms with van der Waals surface area (Å²) in [4.78, 5) is 37.1. The van der Waals surface area contributed by atoms with Crippen molar-refractivity contribution in [3.63, 3.8) is 0 Å². The van der Waals surface area contributed by atoms with E-state index in [1.807, 2.05) is 23.1 Å². The maximum absolute atomic E-state index is 13.1. The molecule has 2 amide bonds. The largest absolute Gasteiger partial charge is 0.443 e. The molecule has 1 spiro atoms. The summed E-state index contributed by atoms with van der Waals surface area (Å²) in [5.41, 5.74) is 1.76. The molecule has 10 heteroatoms. The summed E-state index contributed by atoms with van der Waals surface area (Å²) in [5.74, 6) is 0.870. The average molecular weight is 508 g/mol. The highest BCUT2D eigenvalue weighted by atomic mass is 35.5. The van der Waals surface area contributed by atoms with E-state index in [9.17, 15) is 9.59 Å². The molecule has 6 rings (SSSR count). The Bertz CT molecular complexity index is 1450. The summed E-state index contributed by atoms with van der Waals surface area (Å²) in [5, 5.41) is 3.63. The van der Waals surface area contributed by atoms with Crippen LogP contribution in [0.15, 0.2) is 60.0 Å². The van der Waals surface area contributed by atoms with Crippen molar-refractivity contribution < 1.29 is 14.0 Å². The molecule has 1 saturated heterocycles. The van der Waals surface area contributed by atoms with Crippen LogP contribution in [-0.2, 0) is 4.79 Å². The Balaban J connectivity index is 1.27. The van der Waals surface area contributed by atoms with E-state index in [0.717, 1.165) is 48.3 Å². The minimum Gasteiger partial charge on any atom is -0.443 e. The third-order valence-electron chi connectivity index (χ3n) is 7.01. The molecule has 1 N–H and O–H groups in total. The van der Waals surface area contributed by atoms with Crippen molar-refractivity contribution in [1.29, 1.82) is 0 Å². The van der Waals surface area contributed by atoms with Gasteiger partial charge in [0, 0.05) is 24.2 Å². The van der Waals surface area contributed by atoms with Crippen LogP contribution in [-0.4, -0.2) is 44.3 Å². The number of oxazole rings is 1. The van der Waals surface area contributed by atoms with Gasteiger partial charge in [-0.3, -0.25) is 14.9 Å². The number of rotatable bonds is 5. The Hall–Kier alpha value is -3.43. The molecule has 1 aromatic carbocycles. The van der Waals surface area contributed by atoms with Gasteiger partial charge in [-0.25, -0.2) is 9.97 Å². The highest BCUT2D eigenvalue weighted by Crippen LogP contribution is 2.55. The molecule has 1 aliphatic carbocycles. The number of likely N-dealkylation sites (tertiary alicyclic amines) is 1. The fourth-order valence-corrected chi connectivity index (χ4v) is 6.35. The van der Waals surface area contributed by atoms with Gasteiger partial charge in [-0.15, -0.1) is 11.3 Å². The molecule has 178 valence electrons. The molecule has 35 heavy (non-hydrogen) atoms. The van der Waals surface area contributed by atoms with Gasteiger partial charge < -0.3 is 13.9 Å². The van der Waals surface area contributed by atoms with E-state index >= 15 is 0 Å². The maximum atomic E-state index is 13.1. The number of nitrogens with zero attached hydrogens (tertiary/aromatic N) is 4. The molecule has 1 saturated carbocycles. The second kappa shape index (κ2) is 8.35. The summed E-state index contributed by atoms with van der Waals surface area (Å²) in [7, 11) is 0. The van der Waals surface area contributed by atoms with Crippen LogP contribution in [0.1, 0.15) is 35.0 Å². The number of hydrogen-bond donors (Lipinski definition) is 1. The second-order valence-corrected chi connectivity index (χ2v) is 10.7. The number of hydrogen-bond acceptors (Lipinski definition) is 6. The number of imidazole rings is 1. The molecule has 0 atom stereocenters. The number of aromatic nitrogens is 3. The van der Waals surface area contributed by atoms with Crippen molar-refractivity contribution >= 4 is 51.7 Å². The lowest BCUT2D eigenvalue weighted by Crippen LogP contribution is -2.42. The lowest BCUT2D eigenvalue weighted by Gasteiger charge is -2.46. The molecule has 1 aliphatic heterocycles. The van der Waals surface area contributed by atoms with Gasteiger partial charge in [-0.2, -0.15) is 0 Å². The molecule has 0 bridgehead atoms. The van der Waals surface area contributed by atoms with Crippen LogP contribution in [0.4, 0.5) is 5.95 Å². The van der Waals surface area contributed by atoms with E-state index in [1.165, 1.54) is 23.8 Å². The smallest absolute Gasteiger partial charge is 0.268 e. The van der Waals surface area contributed by atoms with Gasteiger partial charge in [0.15, 0.2) is 12.2 Å². The molecule has 4 heterocycles. The Morgan fingerprint density at radius 3 is 2.91 bits per heavy atom. The predicted molar refractivity (Wildman–Crippen MR) is 135 cm³/mol. The van der Waals surface area contributed by atoms with E-state index in [0.29, 0.717) is 21.6 Å². The van der Waals surface area contributed by atoms with E-state index in [-0.39, 0.29) is 23.3 Å². The molecule has 8 nitrogen and oxygen atoms in total. The normalized spacial score (nSPS) is 21.4. The summed E-state index contributed by atoms with van der Waals surface area (Å²) < 4.78 is 7.43. The van der Waals surface area contributed by atoms with Gasteiger partial charge in [-0.05, 0) is 61.1 Å². The lowest BCUT2D eigenvalue weighted by molar-refractivity contribution is -0.125. The van der Waals surface area contributed by atoms with Crippen LogP contribution in [0.25, 0.3) is 21.7 Å². The molecule has 3 aromatic heterocycles. The first kappa shape index (κ1) is 22.1. The number of amides is 2. The topological polar surface area (TPSA) is 93.3 Å². The Kier molecular flexibility index (Phi) is 5.26. The molecule has 0 radical (unpaired) electrons. The summed E-state index contributed by atoms with van der Waals surface area (Å²) >= 11 is 7.65. The van der Waals surface area contributed by atoms with Gasteiger partial charge in [0.05, 0.1) is 27.0 Å². The van der Waals surface area contributed by atoms with Crippen LogP contribution in [0.2, 0.25) is 5.02 Å². The molecule has 2 aliphatic rings. The van der Waals surface area contributed by atoms with Crippen LogP contribution in [0, 0.1) is 5.41 Å². The fraction of sp³-hybridized carbons (Fsp3) is 0.280. The highest BCUT2D eigenvalue weighted by Gasteiger charge is 2.50. The van der Waals surface area contributed by atoms with E-state index in [4.69, 9.17) is 21.0 Å². The van der Waals surface area contributed by atoms with Crippen LogP contribution in [0.3, 0.4) is 0 Å². The zero-order valence-electron chi connectivity index (χ0n) is 18.7. The van der Waals surface area contributed by atoms with Crippen molar-refractivity contribution in [2.45, 2.75) is 25.3 Å². The van der Waals surface area contributed by atoms with Crippen LogP contribution >= 0.6 is 22.9 Å². The number of nitrogens with one attached hydrogen (secondary N) is 1.